The van der Waals surface area contributed by atoms with Crippen LogP contribution in [-0.4, -0.2) is 55.6 Å². The van der Waals surface area contributed by atoms with E-state index in [-0.39, 0.29) is 36.2 Å². The van der Waals surface area contributed by atoms with Gasteiger partial charge < -0.3 is 10.2 Å². The SMILES string of the molecule is CCNC(=O)[C@H](Cc1ccccc1)N(Cc1cccc(C)c1)C(=O)CCCN(C)S(=O)(=O)c1ccccc1. The van der Waals surface area contributed by atoms with E-state index in [1.165, 1.54) is 11.4 Å². The average Bonchev–Trinajstić information content (AvgIpc) is 2.91. The van der Waals surface area contributed by atoms with Gasteiger partial charge in [-0.2, -0.15) is 0 Å². The van der Waals surface area contributed by atoms with Crippen molar-refractivity contribution in [2.24, 2.45) is 0 Å². The van der Waals surface area contributed by atoms with E-state index in [4.69, 9.17) is 0 Å². The van der Waals surface area contributed by atoms with E-state index in [0.29, 0.717) is 19.4 Å². The van der Waals surface area contributed by atoms with Crippen LogP contribution < -0.4 is 5.32 Å². The normalized spacial score (nSPS) is 12.2. The van der Waals surface area contributed by atoms with Crippen molar-refractivity contribution in [2.45, 2.75) is 50.6 Å². The zero-order chi connectivity index (χ0) is 27.5. The van der Waals surface area contributed by atoms with Gasteiger partial charge in [0.2, 0.25) is 21.8 Å². The van der Waals surface area contributed by atoms with Gasteiger partial charge in [-0.3, -0.25) is 9.59 Å². The molecule has 0 aromatic heterocycles. The molecular weight excluding hydrogens is 498 g/mol. The molecule has 0 fully saturated rings. The topological polar surface area (TPSA) is 86.8 Å². The monoisotopic (exact) mass is 535 g/mol. The van der Waals surface area contributed by atoms with Crippen LogP contribution in [-0.2, 0) is 32.6 Å². The second kappa shape index (κ2) is 13.9. The molecule has 0 aliphatic carbocycles. The van der Waals surface area contributed by atoms with E-state index < -0.39 is 16.1 Å². The molecule has 0 unspecified atom stereocenters. The summed E-state index contributed by atoms with van der Waals surface area (Å²) in [5.41, 5.74) is 2.96. The third-order valence-corrected chi connectivity index (χ3v) is 8.24. The number of nitrogens with zero attached hydrogens (tertiary/aromatic N) is 2. The molecule has 7 nitrogen and oxygen atoms in total. The average molecular weight is 536 g/mol. The number of rotatable bonds is 13. The molecule has 3 rings (SSSR count). The van der Waals surface area contributed by atoms with E-state index in [1.54, 1.807) is 35.2 Å². The highest BCUT2D eigenvalue weighted by atomic mass is 32.2. The van der Waals surface area contributed by atoms with Gasteiger partial charge in [0.25, 0.3) is 0 Å². The molecule has 1 N–H and O–H groups in total. The van der Waals surface area contributed by atoms with E-state index in [9.17, 15) is 18.0 Å². The first-order valence-electron chi connectivity index (χ1n) is 12.9. The van der Waals surface area contributed by atoms with Crippen LogP contribution in [0.15, 0.2) is 89.8 Å². The van der Waals surface area contributed by atoms with Crippen LogP contribution in [0, 0.1) is 6.92 Å². The smallest absolute Gasteiger partial charge is 0.243 e. The standard InChI is InChI=1S/C30H37N3O4S/c1-4-31-30(35)28(22-25-14-7-5-8-15-25)33(23-26-16-11-13-24(2)21-26)29(34)19-12-20-32(3)38(36,37)27-17-9-6-10-18-27/h5-11,13-18,21,28H,4,12,19-20,22-23H2,1-3H3,(H,31,35)/t28-/m0/s1. The fourth-order valence-electron chi connectivity index (χ4n) is 4.34. The van der Waals surface area contributed by atoms with Crippen molar-refractivity contribution < 1.29 is 18.0 Å². The molecule has 0 saturated carbocycles. The van der Waals surface area contributed by atoms with Crippen LogP contribution in [0.4, 0.5) is 0 Å². The predicted molar refractivity (Wildman–Crippen MR) is 150 cm³/mol. The van der Waals surface area contributed by atoms with Gasteiger partial charge >= 0.3 is 0 Å². The van der Waals surface area contributed by atoms with Crippen LogP contribution in [0.2, 0.25) is 0 Å². The lowest BCUT2D eigenvalue weighted by molar-refractivity contribution is -0.141. The van der Waals surface area contributed by atoms with Gasteiger partial charge in [-0.25, -0.2) is 12.7 Å². The lowest BCUT2D eigenvalue weighted by Crippen LogP contribution is -2.50. The van der Waals surface area contributed by atoms with Gasteiger partial charge in [0, 0.05) is 39.5 Å². The fraction of sp³-hybridized carbons (Fsp3) is 0.333. The Hall–Kier alpha value is -3.49. The van der Waals surface area contributed by atoms with Gasteiger partial charge in [0.1, 0.15) is 6.04 Å². The first kappa shape index (κ1) is 29.1. The largest absolute Gasteiger partial charge is 0.355 e. The van der Waals surface area contributed by atoms with Gasteiger partial charge in [-0.15, -0.1) is 0 Å². The molecule has 0 spiro atoms. The van der Waals surface area contributed by atoms with Gasteiger partial charge in [-0.05, 0) is 43.5 Å². The van der Waals surface area contributed by atoms with E-state index in [0.717, 1.165) is 16.7 Å². The second-order valence-corrected chi connectivity index (χ2v) is 11.4. The molecule has 38 heavy (non-hydrogen) atoms. The maximum atomic E-state index is 13.7. The molecule has 202 valence electrons. The van der Waals surface area contributed by atoms with Crippen LogP contribution in [0.5, 0.6) is 0 Å². The lowest BCUT2D eigenvalue weighted by atomic mass is 10.0. The lowest BCUT2D eigenvalue weighted by Gasteiger charge is -2.32. The van der Waals surface area contributed by atoms with Crippen LogP contribution in [0.3, 0.4) is 0 Å². The summed E-state index contributed by atoms with van der Waals surface area (Å²) < 4.78 is 27.0. The number of likely N-dealkylation sites (N-methyl/N-ethyl adjacent to an activating group) is 1. The molecule has 2 amide bonds. The summed E-state index contributed by atoms with van der Waals surface area (Å²) in [6.45, 7) is 4.77. The first-order valence-corrected chi connectivity index (χ1v) is 14.3. The number of hydrogen-bond donors (Lipinski definition) is 1. The molecule has 0 heterocycles. The zero-order valence-corrected chi connectivity index (χ0v) is 23.2. The van der Waals surface area contributed by atoms with Crippen molar-refractivity contribution in [2.75, 3.05) is 20.1 Å². The quantitative estimate of drug-likeness (QED) is 0.356. The number of benzene rings is 3. The highest BCUT2D eigenvalue weighted by molar-refractivity contribution is 7.89. The summed E-state index contributed by atoms with van der Waals surface area (Å²) in [6.07, 6.45) is 0.830. The summed E-state index contributed by atoms with van der Waals surface area (Å²) in [5, 5.41) is 2.89. The van der Waals surface area contributed by atoms with Crippen molar-refractivity contribution in [1.29, 1.82) is 0 Å². The highest BCUT2D eigenvalue weighted by Crippen LogP contribution is 2.18. The molecule has 0 radical (unpaired) electrons. The Morgan fingerprint density at radius 2 is 1.53 bits per heavy atom. The summed E-state index contributed by atoms with van der Waals surface area (Å²) in [4.78, 5) is 28.7. The summed E-state index contributed by atoms with van der Waals surface area (Å²) >= 11 is 0. The Morgan fingerprint density at radius 1 is 0.895 bits per heavy atom. The Kier molecular flexibility index (Phi) is 10.6. The van der Waals surface area contributed by atoms with Crippen molar-refractivity contribution in [1.82, 2.24) is 14.5 Å². The second-order valence-electron chi connectivity index (χ2n) is 9.35. The van der Waals surface area contributed by atoms with Crippen molar-refractivity contribution in [3.63, 3.8) is 0 Å². The van der Waals surface area contributed by atoms with Gasteiger partial charge in [-0.1, -0.05) is 78.4 Å². The Labute approximate surface area is 226 Å². The number of sulfonamides is 1. The van der Waals surface area contributed by atoms with Crippen LogP contribution in [0.25, 0.3) is 0 Å². The maximum Gasteiger partial charge on any atom is 0.243 e. The summed E-state index contributed by atoms with van der Waals surface area (Å²) in [5.74, 6) is -0.398. The third kappa shape index (κ3) is 8.00. The maximum absolute atomic E-state index is 13.7. The molecular formula is C30H37N3O4S. The van der Waals surface area contributed by atoms with Crippen LogP contribution in [0.1, 0.15) is 36.5 Å². The fourth-order valence-corrected chi connectivity index (χ4v) is 5.57. The van der Waals surface area contributed by atoms with Gasteiger partial charge in [0.15, 0.2) is 0 Å². The first-order chi connectivity index (χ1) is 18.2. The molecule has 0 bridgehead atoms. The molecule has 0 saturated heterocycles. The Balaban J connectivity index is 1.80. The number of amides is 2. The van der Waals surface area contributed by atoms with Crippen molar-refractivity contribution >= 4 is 21.8 Å². The van der Waals surface area contributed by atoms with Crippen molar-refractivity contribution in [3.8, 4) is 0 Å². The number of carbonyl (C=O) groups excluding carboxylic acids is 2. The Morgan fingerprint density at radius 3 is 2.16 bits per heavy atom. The van der Waals surface area contributed by atoms with E-state index >= 15 is 0 Å². The number of nitrogens with one attached hydrogen (secondary N) is 1. The summed E-state index contributed by atoms with van der Waals surface area (Å²) in [6, 6.07) is 25.1. The molecule has 1 atom stereocenters. The molecule has 0 aliphatic rings. The zero-order valence-electron chi connectivity index (χ0n) is 22.3. The van der Waals surface area contributed by atoms with Crippen LogP contribution >= 0.6 is 0 Å². The molecule has 0 aliphatic heterocycles. The van der Waals surface area contributed by atoms with Crippen molar-refractivity contribution in [3.05, 3.63) is 102 Å². The van der Waals surface area contributed by atoms with E-state index in [2.05, 4.69) is 5.32 Å². The Bertz CT molecular complexity index is 1300. The third-order valence-electron chi connectivity index (χ3n) is 6.37. The minimum atomic E-state index is -3.64. The van der Waals surface area contributed by atoms with E-state index in [1.807, 2.05) is 68.4 Å². The van der Waals surface area contributed by atoms with Gasteiger partial charge in [0.05, 0.1) is 4.90 Å². The molecule has 8 heteroatoms. The number of carbonyl (C=O) groups is 2. The number of hydrogen-bond acceptors (Lipinski definition) is 4. The molecule has 3 aromatic carbocycles. The summed E-state index contributed by atoms with van der Waals surface area (Å²) in [7, 11) is -2.13. The predicted octanol–water partition coefficient (Wildman–Crippen LogP) is 4.17. The minimum absolute atomic E-state index is 0.116. The highest BCUT2D eigenvalue weighted by Gasteiger charge is 2.30. The molecule has 3 aromatic rings. The minimum Gasteiger partial charge on any atom is -0.355 e. The number of aryl methyl sites for hydroxylation is 1.